The van der Waals surface area contributed by atoms with Crippen LogP contribution in [0.4, 0.5) is 4.39 Å². The lowest BCUT2D eigenvalue weighted by Gasteiger charge is -2.31. The highest BCUT2D eigenvalue weighted by molar-refractivity contribution is 5.74. The van der Waals surface area contributed by atoms with Gasteiger partial charge in [0.2, 0.25) is 0 Å². The van der Waals surface area contributed by atoms with Crippen LogP contribution in [-0.2, 0) is 20.8 Å². The summed E-state index contributed by atoms with van der Waals surface area (Å²) in [6.45, 7) is 4.33. The van der Waals surface area contributed by atoms with Crippen molar-refractivity contribution in [3.63, 3.8) is 0 Å². The molecule has 0 radical (unpaired) electrons. The summed E-state index contributed by atoms with van der Waals surface area (Å²) in [5.41, 5.74) is 1.98. The number of morpholine rings is 1. The number of rotatable bonds is 3. The van der Waals surface area contributed by atoms with Crippen molar-refractivity contribution in [2.45, 2.75) is 19.6 Å². The molecule has 1 unspecified atom stereocenters. The molecule has 1 saturated heterocycles. The third-order valence-electron chi connectivity index (χ3n) is 3.31. The van der Waals surface area contributed by atoms with Gasteiger partial charge in [0, 0.05) is 19.6 Å². The Morgan fingerprint density at radius 2 is 2.37 bits per heavy atom. The van der Waals surface area contributed by atoms with Crippen LogP contribution in [0, 0.1) is 12.7 Å². The van der Waals surface area contributed by atoms with Crippen molar-refractivity contribution in [3.05, 3.63) is 35.1 Å². The third-order valence-corrected chi connectivity index (χ3v) is 3.31. The Kier molecular flexibility index (Phi) is 4.50. The van der Waals surface area contributed by atoms with Crippen LogP contribution in [0.3, 0.4) is 0 Å². The normalized spacial score (nSPS) is 20.3. The van der Waals surface area contributed by atoms with E-state index < -0.39 is 6.10 Å². The van der Waals surface area contributed by atoms with Gasteiger partial charge < -0.3 is 9.47 Å². The third kappa shape index (κ3) is 3.52. The van der Waals surface area contributed by atoms with E-state index in [0.29, 0.717) is 19.7 Å². The minimum Gasteiger partial charge on any atom is -0.467 e. The highest BCUT2D eigenvalue weighted by Gasteiger charge is 2.27. The first-order valence-electron chi connectivity index (χ1n) is 6.27. The van der Waals surface area contributed by atoms with Crippen LogP contribution in [0.15, 0.2) is 18.2 Å². The van der Waals surface area contributed by atoms with Gasteiger partial charge in [-0.05, 0) is 30.2 Å². The molecule has 0 aliphatic carbocycles. The Morgan fingerprint density at radius 1 is 1.58 bits per heavy atom. The second-order valence-electron chi connectivity index (χ2n) is 4.69. The van der Waals surface area contributed by atoms with Gasteiger partial charge in [0.25, 0.3) is 0 Å². The number of hydrogen-bond acceptors (Lipinski definition) is 4. The van der Waals surface area contributed by atoms with Crippen molar-refractivity contribution in [1.82, 2.24) is 4.90 Å². The molecule has 1 aromatic carbocycles. The average Bonchev–Trinajstić information content (AvgIpc) is 2.41. The number of hydrogen-bond donors (Lipinski definition) is 0. The molecule has 1 heterocycles. The molecule has 1 aromatic rings. The van der Waals surface area contributed by atoms with Gasteiger partial charge in [0.15, 0.2) is 6.10 Å². The average molecular weight is 267 g/mol. The lowest BCUT2D eigenvalue weighted by Crippen LogP contribution is -2.46. The zero-order chi connectivity index (χ0) is 13.8. The predicted octanol–water partition coefficient (Wildman–Crippen LogP) is 1.51. The molecule has 0 N–H and O–H groups in total. The predicted molar refractivity (Wildman–Crippen MR) is 68.2 cm³/mol. The van der Waals surface area contributed by atoms with Crippen molar-refractivity contribution in [3.8, 4) is 0 Å². The molecule has 1 aliphatic rings. The smallest absolute Gasteiger partial charge is 0.336 e. The number of ether oxygens (including phenoxy) is 2. The summed E-state index contributed by atoms with van der Waals surface area (Å²) in [4.78, 5) is 13.6. The topological polar surface area (TPSA) is 38.8 Å². The summed E-state index contributed by atoms with van der Waals surface area (Å²) in [5.74, 6) is -0.573. The van der Waals surface area contributed by atoms with Crippen LogP contribution in [0.25, 0.3) is 0 Å². The standard InChI is InChI=1S/C14H18FNO3/c1-10-7-12(15)4-3-11(10)8-16-5-6-19-13(9-16)14(17)18-2/h3-4,7,13H,5-6,8-9H2,1-2H3. The molecule has 0 aromatic heterocycles. The number of benzene rings is 1. The molecule has 0 amide bonds. The summed E-state index contributed by atoms with van der Waals surface area (Å²) >= 11 is 0. The van der Waals surface area contributed by atoms with E-state index in [-0.39, 0.29) is 11.8 Å². The molecule has 0 spiro atoms. The Hall–Kier alpha value is -1.46. The monoisotopic (exact) mass is 267 g/mol. The molecule has 104 valence electrons. The fraction of sp³-hybridized carbons (Fsp3) is 0.500. The van der Waals surface area contributed by atoms with Crippen LogP contribution in [0.5, 0.6) is 0 Å². The van der Waals surface area contributed by atoms with Gasteiger partial charge in [-0.15, -0.1) is 0 Å². The summed E-state index contributed by atoms with van der Waals surface area (Å²) in [6.07, 6.45) is -0.528. The Bertz CT molecular complexity index is 464. The van der Waals surface area contributed by atoms with Crippen molar-refractivity contribution >= 4 is 5.97 Å². The van der Waals surface area contributed by atoms with Crippen LogP contribution < -0.4 is 0 Å². The summed E-state index contributed by atoms with van der Waals surface area (Å²) in [7, 11) is 1.36. The van der Waals surface area contributed by atoms with Gasteiger partial charge in [0.1, 0.15) is 5.82 Å². The van der Waals surface area contributed by atoms with Crippen LogP contribution in [-0.4, -0.2) is 43.8 Å². The van der Waals surface area contributed by atoms with Crippen LogP contribution in [0.1, 0.15) is 11.1 Å². The second kappa shape index (κ2) is 6.12. The van der Waals surface area contributed by atoms with Crippen molar-refractivity contribution in [2.75, 3.05) is 26.8 Å². The molecular formula is C14H18FNO3. The number of nitrogens with zero attached hydrogens (tertiary/aromatic N) is 1. The molecule has 4 nitrogen and oxygen atoms in total. The Morgan fingerprint density at radius 3 is 3.05 bits per heavy atom. The highest BCUT2D eigenvalue weighted by Crippen LogP contribution is 2.15. The molecule has 1 aliphatic heterocycles. The molecule has 5 heteroatoms. The first-order valence-corrected chi connectivity index (χ1v) is 6.27. The van der Waals surface area contributed by atoms with E-state index in [4.69, 9.17) is 4.74 Å². The summed E-state index contributed by atoms with van der Waals surface area (Å²) in [6, 6.07) is 4.77. The van der Waals surface area contributed by atoms with Crippen LogP contribution in [0.2, 0.25) is 0 Å². The maximum Gasteiger partial charge on any atom is 0.336 e. The zero-order valence-corrected chi connectivity index (χ0v) is 11.2. The molecule has 1 fully saturated rings. The minimum absolute atomic E-state index is 0.226. The van der Waals surface area contributed by atoms with Gasteiger partial charge in [0.05, 0.1) is 13.7 Å². The molecule has 2 rings (SSSR count). The lowest BCUT2D eigenvalue weighted by molar-refractivity contribution is -0.160. The van der Waals surface area contributed by atoms with Gasteiger partial charge in [-0.2, -0.15) is 0 Å². The zero-order valence-electron chi connectivity index (χ0n) is 11.2. The number of carbonyl (C=O) groups excluding carboxylic acids is 1. The van der Waals surface area contributed by atoms with Gasteiger partial charge in [-0.1, -0.05) is 6.07 Å². The van der Waals surface area contributed by atoms with Gasteiger partial charge >= 0.3 is 5.97 Å². The first kappa shape index (κ1) is 14.0. The van der Waals surface area contributed by atoms with E-state index in [9.17, 15) is 9.18 Å². The van der Waals surface area contributed by atoms with Crippen molar-refractivity contribution in [2.24, 2.45) is 0 Å². The van der Waals surface area contributed by atoms with E-state index in [1.807, 2.05) is 6.92 Å². The quantitative estimate of drug-likeness (QED) is 0.778. The molecule has 1 atom stereocenters. The maximum absolute atomic E-state index is 13.0. The second-order valence-corrected chi connectivity index (χ2v) is 4.69. The SMILES string of the molecule is COC(=O)C1CN(Cc2ccc(F)cc2C)CCO1. The van der Waals surface area contributed by atoms with Crippen LogP contribution >= 0.6 is 0 Å². The fourth-order valence-corrected chi connectivity index (χ4v) is 2.20. The van der Waals surface area contributed by atoms with E-state index >= 15 is 0 Å². The van der Waals surface area contributed by atoms with Crippen molar-refractivity contribution in [1.29, 1.82) is 0 Å². The number of aryl methyl sites for hydroxylation is 1. The van der Waals surface area contributed by atoms with E-state index in [1.165, 1.54) is 19.2 Å². The maximum atomic E-state index is 13.0. The summed E-state index contributed by atoms with van der Waals surface area (Å²) in [5, 5.41) is 0. The molecular weight excluding hydrogens is 249 g/mol. The summed E-state index contributed by atoms with van der Waals surface area (Å²) < 4.78 is 23.1. The number of esters is 1. The lowest BCUT2D eigenvalue weighted by atomic mass is 10.1. The number of halogens is 1. The largest absolute Gasteiger partial charge is 0.467 e. The van der Waals surface area contributed by atoms with E-state index in [0.717, 1.165) is 17.7 Å². The van der Waals surface area contributed by atoms with E-state index in [2.05, 4.69) is 9.64 Å². The number of methoxy groups -OCH3 is 1. The number of carbonyl (C=O) groups is 1. The van der Waals surface area contributed by atoms with E-state index in [1.54, 1.807) is 6.07 Å². The van der Waals surface area contributed by atoms with Gasteiger partial charge in [-0.25, -0.2) is 9.18 Å². The fourth-order valence-electron chi connectivity index (χ4n) is 2.20. The Labute approximate surface area is 112 Å². The molecule has 19 heavy (non-hydrogen) atoms. The minimum atomic E-state index is -0.528. The first-order chi connectivity index (χ1) is 9.10. The molecule has 0 bridgehead atoms. The Balaban J connectivity index is 2.00. The highest BCUT2D eigenvalue weighted by atomic mass is 19.1. The van der Waals surface area contributed by atoms with Gasteiger partial charge in [-0.3, -0.25) is 4.90 Å². The van der Waals surface area contributed by atoms with Crippen molar-refractivity contribution < 1.29 is 18.7 Å². The molecule has 0 saturated carbocycles.